The topological polar surface area (TPSA) is 120 Å². The molecule has 9 nitrogen and oxygen atoms in total. The van der Waals surface area contributed by atoms with Crippen molar-refractivity contribution in [3.8, 4) is 0 Å². The fourth-order valence-electron chi connectivity index (χ4n) is 4.15. The average Bonchev–Trinajstić information content (AvgIpc) is 2.83. The van der Waals surface area contributed by atoms with Gasteiger partial charge in [0.25, 0.3) is 0 Å². The number of nitrogens with one attached hydrogen (secondary N) is 2. The minimum Gasteiger partial charge on any atom is -0.444 e. The van der Waals surface area contributed by atoms with Crippen LogP contribution < -0.4 is 10.6 Å². The van der Waals surface area contributed by atoms with Gasteiger partial charge in [0.15, 0.2) is 0 Å². The Morgan fingerprint density at radius 1 is 0.439 bits per heavy atom. The van der Waals surface area contributed by atoms with Crippen LogP contribution in [0.15, 0.2) is 0 Å². The van der Waals surface area contributed by atoms with Gasteiger partial charge in [-0.15, -0.1) is 0 Å². The van der Waals surface area contributed by atoms with Gasteiger partial charge < -0.3 is 24.8 Å². The maximum Gasteiger partial charge on any atom is 0.407 e. The van der Waals surface area contributed by atoms with E-state index < -0.39 is 23.1 Å². The third-order valence-electron chi connectivity index (χ3n) is 6.18. The van der Waals surface area contributed by atoms with Crippen LogP contribution in [0.5, 0.6) is 0 Å². The second-order valence-corrected chi connectivity index (χ2v) is 12.9. The summed E-state index contributed by atoms with van der Waals surface area (Å²) in [7, 11) is 0. The molecule has 0 saturated heterocycles. The Balaban J connectivity index is 3.44. The van der Waals surface area contributed by atoms with E-state index >= 15 is 0 Å². The molecule has 0 rings (SSSR count). The summed E-state index contributed by atoms with van der Waals surface area (Å²) in [5.74, 6) is -0.817. The Morgan fingerprint density at radius 2 is 0.707 bits per heavy atom. The van der Waals surface area contributed by atoms with E-state index in [1.54, 1.807) is 0 Å². The van der Waals surface area contributed by atoms with Crippen molar-refractivity contribution in [1.29, 1.82) is 0 Å². The number of unbranched alkanes of at least 4 members (excludes halogenated alkanes) is 14. The number of hydrogen-bond donors (Lipinski definition) is 2. The number of esters is 2. The summed E-state index contributed by atoms with van der Waals surface area (Å²) in [6.45, 7) is 12.4. The third-order valence-corrected chi connectivity index (χ3v) is 6.18. The lowest BCUT2D eigenvalue weighted by Crippen LogP contribution is -2.32. The second-order valence-electron chi connectivity index (χ2n) is 12.9. The predicted octanol–water partition coefficient (Wildman–Crippen LogP) is 8.13. The van der Waals surface area contributed by atoms with E-state index in [0.29, 0.717) is 25.9 Å². The summed E-state index contributed by atoms with van der Waals surface area (Å²) in [6.07, 6.45) is 16.3. The first-order valence-electron chi connectivity index (χ1n) is 16.0. The zero-order valence-electron chi connectivity index (χ0n) is 27.0. The Bertz CT molecular complexity index is 667. The average molecular weight is 585 g/mol. The van der Waals surface area contributed by atoms with Gasteiger partial charge in [-0.1, -0.05) is 77.0 Å². The molecule has 0 aromatic rings. The number of hydrogen-bond acceptors (Lipinski definition) is 7. The Morgan fingerprint density at radius 3 is 1.00 bits per heavy atom. The Labute approximate surface area is 249 Å². The van der Waals surface area contributed by atoms with Gasteiger partial charge in [0.1, 0.15) is 11.2 Å². The van der Waals surface area contributed by atoms with Crippen molar-refractivity contribution in [2.45, 2.75) is 168 Å². The molecule has 240 valence electrons. The fraction of sp³-hybridized carbons (Fsp3) is 0.875. The molecule has 0 atom stereocenters. The smallest absolute Gasteiger partial charge is 0.407 e. The van der Waals surface area contributed by atoms with E-state index in [1.165, 1.54) is 0 Å². The number of carbonyl (C=O) groups is 4. The maximum atomic E-state index is 11.9. The van der Waals surface area contributed by atoms with Crippen LogP contribution in [0, 0.1) is 0 Å². The normalized spacial score (nSPS) is 11.6. The van der Waals surface area contributed by atoms with Gasteiger partial charge in [-0.2, -0.15) is 0 Å². The summed E-state index contributed by atoms with van der Waals surface area (Å²) in [4.78, 5) is 46.9. The van der Waals surface area contributed by atoms with Crippen molar-refractivity contribution < 1.29 is 33.4 Å². The Kier molecular flexibility index (Phi) is 21.9. The third kappa shape index (κ3) is 30.5. The molecule has 0 heterocycles. The molecule has 41 heavy (non-hydrogen) atoms. The number of carbonyl (C=O) groups excluding carboxylic acids is 4. The zero-order valence-corrected chi connectivity index (χ0v) is 27.0. The molecule has 0 aromatic carbocycles. The van der Waals surface area contributed by atoms with Gasteiger partial charge in [-0.3, -0.25) is 9.59 Å². The van der Waals surface area contributed by atoms with Gasteiger partial charge in [-0.05, 0) is 67.2 Å². The molecular weight excluding hydrogens is 524 g/mol. The van der Waals surface area contributed by atoms with E-state index in [4.69, 9.17) is 14.2 Å². The highest BCUT2D eigenvalue weighted by molar-refractivity contribution is 5.85. The molecule has 0 unspecified atom stereocenters. The molecule has 0 radical (unpaired) electrons. The molecular formula is C32H60N2O7. The van der Waals surface area contributed by atoms with Crippen LogP contribution in [0.2, 0.25) is 0 Å². The molecule has 0 fully saturated rings. The van der Waals surface area contributed by atoms with Gasteiger partial charge in [0, 0.05) is 25.9 Å². The first-order valence-corrected chi connectivity index (χ1v) is 16.0. The number of rotatable bonds is 22. The number of alkyl carbamates (subject to hydrolysis) is 2. The minimum absolute atomic E-state index is 0.301. The molecule has 0 bridgehead atoms. The zero-order chi connectivity index (χ0) is 31.0. The van der Waals surface area contributed by atoms with E-state index in [1.807, 2.05) is 41.5 Å². The van der Waals surface area contributed by atoms with Crippen LogP contribution in [0.3, 0.4) is 0 Å². The van der Waals surface area contributed by atoms with Gasteiger partial charge in [-0.25, -0.2) is 9.59 Å². The summed E-state index contributed by atoms with van der Waals surface area (Å²) >= 11 is 0. The van der Waals surface area contributed by atoms with Crippen molar-refractivity contribution in [3.63, 3.8) is 0 Å². The van der Waals surface area contributed by atoms with Crippen LogP contribution in [-0.4, -0.2) is 48.4 Å². The van der Waals surface area contributed by atoms with Crippen molar-refractivity contribution in [2.24, 2.45) is 0 Å². The van der Waals surface area contributed by atoms with E-state index in [9.17, 15) is 19.2 Å². The predicted molar refractivity (Wildman–Crippen MR) is 163 cm³/mol. The monoisotopic (exact) mass is 584 g/mol. The number of ether oxygens (including phenoxy) is 3. The maximum absolute atomic E-state index is 11.9. The van der Waals surface area contributed by atoms with Crippen molar-refractivity contribution in [1.82, 2.24) is 10.6 Å². The summed E-state index contributed by atoms with van der Waals surface area (Å²) < 4.78 is 15.4. The fourth-order valence-corrected chi connectivity index (χ4v) is 4.15. The van der Waals surface area contributed by atoms with E-state index in [-0.39, 0.29) is 12.2 Å². The standard InChI is InChI=1S/C32H60N2O7/c1-31(2,3)40-29(37)33-25-21-17-13-9-7-11-15-19-23-27(35)39-28(36)24-20-16-12-8-10-14-18-22-26-34-30(38)41-32(4,5)6/h7-26H2,1-6H3,(H,33,37)(H,34,38). The van der Waals surface area contributed by atoms with E-state index in [2.05, 4.69) is 10.6 Å². The van der Waals surface area contributed by atoms with Crippen molar-refractivity contribution in [3.05, 3.63) is 0 Å². The summed E-state index contributed by atoms with van der Waals surface area (Å²) in [5, 5.41) is 5.55. The first kappa shape index (κ1) is 38.7. The van der Waals surface area contributed by atoms with E-state index in [0.717, 1.165) is 103 Å². The molecule has 9 heteroatoms. The lowest BCUT2D eigenvalue weighted by atomic mass is 10.1. The SMILES string of the molecule is CC(C)(C)OC(=O)NCCCCCCCCCCC(=O)OC(=O)CCCCCCCCCCNC(=O)OC(C)(C)C. The molecule has 0 aliphatic carbocycles. The molecule has 0 aromatic heterocycles. The first-order chi connectivity index (χ1) is 19.3. The Hall–Kier alpha value is -2.32. The summed E-state index contributed by atoms with van der Waals surface area (Å²) in [5.41, 5.74) is -0.935. The van der Waals surface area contributed by atoms with Crippen LogP contribution in [-0.2, 0) is 23.8 Å². The lowest BCUT2D eigenvalue weighted by molar-refractivity contribution is -0.159. The van der Waals surface area contributed by atoms with Crippen molar-refractivity contribution in [2.75, 3.05) is 13.1 Å². The van der Waals surface area contributed by atoms with Gasteiger partial charge >= 0.3 is 24.1 Å². The largest absolute Gasteiger partial charge is 0.444 e. The number of amides is 2. The molecule has 0 saturated carbocycles. The molecule has 2 amide bonds. The highest BCUT2D eigenvalue weighted by Gasteiger charge is 2.16. The highest BCUT2D eigenvalue weighted by Crippen LogP contribution is 2.13. The van der Waals surface area contributed by atoms with Crippen LogP contribution in [0.4, 0.5) is 9.59 Å². The quantitative estimate of drug-likeness (QED) is 0.0570. The highest BCUT2D eigenvalue weighted by atomic mass is 16.6. The van der Waals surface area contributed by atoms with Crippen LogP contribution in [0.1, 0.15) is 157 Å². The molecule has 2 N–H and O–H groups in total. The molecule has 0 spiro atoms. The molecule has 0 aliphatic heterocycles. The van der Waals surface area contributed by atoms with Crippen LogP contribution >= 0.6 is 0 Å². The van der Waals surface area contributed by atoms with Crippen molar-refractivity contribution >= 4 is 24.1 Å². The van der Waals surface area contributed by atoms with Gasteiger partial charge in [0.05, 0.1) is 0 Å². The van der Waals surface area contributed by atoms with Gasteiger partial charge in [0.2, 0.25) is 0 Å². The van der Waals surface area contributed by atoms with Crippen LogP contribution in [0.25, 0.3) is 0 Å². The molecule has 0 aliphatic rings. The minimum atomic E-state index is -0.468. The lowest BCUT2D eigenvalue weighted by Gasteiger charge is -2.19. The summed E-state index contributed by atoms with van der Waals surface area (Å²) in [6, 6.07) is 0. The second kappa shape index (κ2) is 23.3.